The summed E-state index contributed by atoms with van der Waals surface area (Å²) in [5.41, 5.74) is 2.23. The third kappa shape index (κ3) is 1.72. The lowest BCUT2D eigenvalue weighted by Gasteiger charge is -2.27. The van der Waals surface area contributed by atoms with Crippen LogP contribution in [0.3, 0.4) is 0 Å². The largest absolute Gasteiger partial charge is 0.493 e. The fourth-order valence-corrected chi connectivity index (χ4v) is 1.77. The highest BCUT2D eigenvalue weighted by Crippen LogP contribution is 2.35. The molecule has 2 heteroatoms. The van der Waals surface area contributed by atoms with Gasteiger partial charge in [0.2, 0.25) is 0 Å². The van der Waals surface area contributed by atoms with Gasteiger partial charge in [-0.25, -0.2) is 0 Å². The monoisotopic (exact) mass is 204 g/mol. The maximum atomic E-state index is 5.78. The first kappa shape index (κ1) is 10.1. The lowest BCUT2D eigenvalue weighted by atomic mass is 10.0. The Labute approximate surface area is 90.5 Å². The van der Waals surface area contributed by atoms with E-state index in [0.29, 0.717) is 6.61 Å². The minimum Gasteiger partial charge on any atom is -0.493 e. The highest BCUT2D eigenvalue weighted by Gasteiger charge is 2.23. The molecule has 0 amide bonds. The zero-order valence-electron chi connectivity index (χ0n) is 9.41. The summed E-state index contributed by atoms with van der Waals surface area (Å²) >= 11 is 0. The van der Waals surface area contributed by atoms with Crippen LogP contribution >= 0.6 is 0 Å². The number of fused-ring (bicyclic) bond motifs is 1. The molecule has 1 unspecified atom stereocenters. The van der Waals surface area contributed by atoms with Crippen LogP contribution in [0.5, 0.6) is 5.75 Å². The van der Waals surface area contributed by atoms with Crippen molar-refractivity contribution in [1.82, 2.24) is 0 Å². The average Bonchev–Trinajstić information content (AvgIpc) is 2.25. The summed E-state index contributed by atoms with van der Waals surface area (Å²) in [6.45, 7) is 6.80. The molecule has 0 radical (unpaired) electrons. The fraction of sp³-hybridized carbons (Fsp3) is 0.385. The van der Waals surface area contributed by atoms with E-state index in [0.717, 1.165) is 22.6 Å². The maximum Gasteiger partial charge on any atom is 0.132 e. The molecule has 0 saturated carbocycles. The van der Waals surface area contributed by atoms with E-state index in [-0.39, 0.29) is 6.10 Å². The first-order valence-electron chi connectivity index (χ1n) is 5.33. The lowest BCUT2D eigenvalue weighted by Crippen LogP contribution is -2.20. The molecule has 0 N–H and O–H groups in total. The van der Waals surface area contributed by atoms with Crippen molar-refractivity contribution in [2.75, 3.05) is 6.61 Å². The molecule has 1 heterocycles. The van der Waals surface area contributed by atoms with Gasteiger partial charge >= 0.3 is 0 Å². The first-order chi connectivity index (χ1) is 7.24. The van der Waals surface area contributed by atoms with Crippen molar-refractivity contribution in [1.29, 1.82) is 0 Å². The summed E-state index contributed by atoms with van der Waals surface area (Å²) in [6.07, 6.45) is 0.0986. The molecule has 0 spiro atoms. The Morgan fingerprint density at radius 1 is 1.33 bits per heavy atom. The summed E-state index contributed by atoms with van der Waals surface area (Å²) in [5.74, 6) is 1.89. The van der Waals surface area contributed by atoms with Gasteiger partial charge in [-0.15, -0.1) is 0 Å². The maximum absolute atomic E-state index is 5.78. The van der Waals surface area contributed by atoms with Gasteiger partial charge in [0.25, 0.3) is 0 Å². The van der Waals surface area contributed by atoms with Gasteiger partial charge in [-0.2, -0.15) is 0 Å². The van der Waals surface area contributed by atoms with Crippen molar-refractivity contribution >= 4 is 5.76 Å². The predicted molar refractivity (Wildman–Crippen MR) is 60.8 cm³/mol. The number of ether oxygens (including phenoxy) is 2. The highest BCUT2D eigenvalue weighted by atomic mass is 16.5. The van der Waals surface area contributed by atoms with Gasteiger partial charge in [0.05, 0.1) is 12.2 Å². The predicted octanol–water partition coefficient (Wildman–Crippen LogP) is 3.24. The van der Waals surface area contributed by atoms with Gasteiger partial charge in [0.1, 0.15) is 17.6 Å². The summed E-state index contributed by atoms with van der Waals surface area (Å²) in [5, 5.41) is 0. The molecule has 0 aliphatic carbocycles. The van der Waals surface area contributed by atoms with Crippen molar-refractivity contribution < 1.29 is 9.47 Å². The molecule has 1 aromatic rings. The Morgan fingerprint density at radius 3 is 2.80 bits per heavy atom. The van der Waals surface area contributed by atoms with E-state index in [2.05, 4.69) is 6.92 Å². The van der Waals surface area contributed by atoms with Gasteiger partial charge < -0.3 is 9.47 Å². The van der Waals surface area contributed by atoms with Gasteiger partial charge in [0, 0.05) is 5.57 Å². The quantitative estimate of drug-likeness (QED) is 0.736. The molecule has 1 atom stereocenters. The number of rotatable bonds is 2. The zero-order valence-corrected chi connectivity index (χ0v) is 9.41. The van der Waals surface area contributed by atoms with Crippen LogP contribution in [0.2, 0.25) is 0 Å². The molecule has 1 aromatic carbocycles. The number of hydrogen-bond acceptors (Lipinski definition) is 2. The average molecular weight is 204 g/mol. The molecule has 1 aliphatic heterocycles. The highest BCUT2D eigenvalue weighted by molar-refractivity contribution is 5.70. The second-order valence-electron chi connectivity index (χ2n) is 3.70. The normalized spacial score (nSPS) is 19.5. The van der Waals surface area contributed by atoms with Crippen molar-refractivity contribution in [2.24, 2.45) is 0 Å². The first-order valence-corrected chi connectivity index (χ1v) is 5.33. The molecular weight excluding hydrogens is 188 g/mol. The molecule has 2 nitrogen and oxygen atoms in total. The van der Waals surface area contributed by atoms with Crippen LogP contribution in [0.4, 0.5) is 0 Å². The number of hydrogen-bond donors (Lipinski definition) is 0. The molecule has 0 bridgehead atoms. The third-order valence-electron chi connectivity index (χ3n) is 2.69. The second-order valence-corrected chi connectivity index (χ2v) is 3.70. The van der Waals surface area contributed by atoms with Crippen molar-refractivity contribution in [2.45, 2.75) is 26.9 Å². The fourth-order valence-electron chi connectivity index (χ4n) is 1.77. The van der Waals surface area contributed by atoms with E-state index < -0.39 is 0 Å². The van der Waals surface area contributed by atoms with Crippen LogP contribution in [0, 0.1) is 0 Å². The van der Waals surface area contributed by atoms with Crippen LogP contribution in [0.1, 0.15) is 26.3 Å². The van der Waals surface area contributed by atoms with Crippen molar-refractivity contribution in [3.8, 4) is 5.75 Å². The third-order valence-corrected chi connectivity index (χ3v) is 2.69. The topological polar surface area (TPSA) is 18.5 Å². The number of benzene rings is 1. The van der Waals surface area contributed by atoms with E-state index in [1.54, 1.807) is 0 Å². The summed E-state index contributed by atoms with van der Waals surface area (Å²) in [6, 6.07) is 8.01. The lowest BCUT2D eigenvalue weighted by molar-refractivity contribution is 0.226. The smallest absolute Gasteiger partial charge is 0.132 e. The van der Waals surface area contributed by atoms with Gasteiger partial charge in [-0.3, -0.25) is 0 Å². The standard InChI is InChI=1S/C13H16O2/c1-4-14-13-9(2)10(3)15-12-8-6-5-7-11(12)13/h5-8,10H,4H2,1-3H3. The van der Waals surface area contributed by atoms with Gasteiger partial charge in [-0.05, 0) is 32.9 Å². The van der Waals surface area contributed by atoms with E-state index in [4.69, 9.17) is 9.47 Å². The van der Waals surface area contributed by atoms with Crippen LogP contribution in [-0.4, -0.2) is 12.7 Å². The molecule has 0 saturated heterocycles. The van der Waals surface area contributed by atoms with E-state index in [1.807, 2.05) is 38.1 Å². The Kier molecular flexibility index (Phi) is 2.67. The molecule has 1 aliphatic rings. The second kappa shape index (κ2) is 3.97. The van der Waals surface area contributed by atoms with Crippen molar-refractivity contribution in [3.63, 3.8) is 0 Å². The van der Waals surface area contributed by atoms with E-state index in [9.17, 15) is 0 Å². The van der Waals surface area contributed by atoms with Crippen LogP contribution in [0.15, 0.2) is 29.8 Å². The minimum absolute atomic E-state index is 0.0986. The van der Waals surface area contributed by atoms with Crippen LogP contribution in [-0.2, 0) is 4.74 Å². The molecule has 0 fully saturated rings. The molecule has 15 heavy (non-hydrogen) atoms. The van der Waals surface area contributed by atoms with E-state index in [1.165, 1.54) is 0 Å². The Morgan fingerprint density at radius 2 is 2.07 bits per heavy atom. The summed E-state index contributed by atoms with van der Waals surface area (Å²) in [7, 11) is 0. The Balaban J connectivity index is 2.50. The Hall–Kier alpha value is -1.44. The Bertz CT molecular complexity index is 393. The van der Waals surface area contributed by atoms with Gasteiger partial charge in [-0.1, -0.05) is 12.1 Å². The molecular formula is C13H16O2. The zero-order chi connectivity index (χ0) is 10.8. The number of para-hydroxylation sites is 1. The van der Waals surface area contributed by atoms with Gasteiger partial charge in [0.15, 0.2) is 0 Å². The van der Waals surface area contributed by atoms with Crippen molar-refractivity contribution in [3.05, 3.63) is 35.4 Å². The minimum atomic E-state index is 0.0986. The van der Waals surface area contributed by atoms with Crippen LogP contribution in [0.25, 0.3) is 5.76 Å². The summed E-state index contributed by atoms with van der Waals surface area (Å²) in [4.78, 5) is 0. The van der Waals surface area contributed by atoms with E-state index >= 15 is 0 Å². The SMILES string of the molecule is CCOC1=C(C)C(C)Oc2ccccc21. The molecule has 0 aromatic heterocycles. The molecule has 2 rings (SSSR count). The van der Waals surface area contributed by atoms with Crippen LogP contribution < -0.4 is 4.74 Å². The molecule has 80 valence electrons. The summed E-state index contributed by atoms with van der Waals surface area (Å²) < 4.78 is 11.5.